The van der Waals surface area contributed by atoms with Crippen molar-refractivity contribution in [1.82, 2.24) is 4.90 Å². The monoisotopic (exact) mass is 408 g/mol. The van der Waals surface area contributed by atoms with Crippen molar-refractivity contribution in [2.75, 3.05) is 34.5 Å². The van der Waals surface area contributed by atoms with Crippen LogP contribution in [-0.2, 0) is 14.2 Å². The lowest BCUT2D eigenvalue weighted by atomic mass is 9.65. The Balaban J connectivity index is 1.36. The van der Waals surface area contributed by atoms with Crippen LogP contribution < -0.4 is 10.6 Å². The van der Waals surface area contributed by atoms with Gasteiger partial charge in [-0.05, 0) is 51.6 Å². The van der Waals surface area contributed by atoms with Crippen LogP contribution in [0.3, 0.4) is 0 Å². The number of piperidine rings is 2. The van der Waals surface area contributed by atoms with Gasteiger partial charge in [-0.1, -0.05) is 6.42 Å². The molecule has 2 saturated carbocycles. The number of nitrogens with zero attached hydrogens (tertiary/aromatic N) is 1. The third kappa shape index (κ3) is 3.58. The molecule has 29 heavy (non-hydrogen) atoms. The van der Waals surface area contributed by atoms with E-state index in [0.717, 1.165) is 18.4 Å². The molecule has 5 rings (SSSR count). The molecule has 6 heteroatoms. The molecule has 0 bridgehead atoms. The fraction of sp³-hybridized carbons (Fsp3) is 1.00. The minimum Gasteiger partial charge on any atom is -0.378 e. The molecule has 0 aromatic rings. The molecule has 5 aliphatic rings. The molecular weight excluding hydrogens is 366 g/mol. The molecule has 10 unspecified atom stereocenters. The van der Waals surface area contributed by atoms with E-state index in [1.807, 2.05) is 7.11 Å². The van der Waals surface area contributed by atoms with E-state index in [2.05, 4.69) is 19.0 Å². The Morgan fingerprint density at radius 1 is 1.14 bits per heavy atom. The lowest BCUT2D eigenvalue weighted by Crippen LogP contribution is -3.19. The summed E-state index contributed by atoms with van der Waals surface area (Å²) in [5.41, 5.74) is 6.75. The lowest BCUT2D eigenvalue weighted by Gasteiger charge is -2.54. The number of rotatable bonds is 3. The van der Waals surface area contributed by atoms with E-state index >= 15 is 0 Å². The van der Waals surface area contributed by atoms with Crippen LogP contribution in [0.25, 0.3) is 0 Å². The zero-order chi connectivity index (χ0) is 20.1. The standard InChI is InChI=1S/C23H41N3O3/c1-25-9-8-14-10-20-22(29-13-28-20)23(27-3)21(14)19(25)12-15-11-17(24)16-6-4-5-7-18(16)26(15)2/h14-23H,4-13,24H2,1-3H3/p+1/t14?,15?,16?,17?,18?,19-,20?,21?,22?,23?/m1/s1. The highest BCUT2D eigenvalue weighted by atomic mass is 16.7. The summed E-state index contributed by atoms with van der Waals surface area (Å²) in [5.74, 6) is 1.96. The number of hydrogen-bond donors (Lipinski definition) is 2. The van der Waals surface area contributed by atoms with E-state index in [0.29, 0.717) is 36.8 Å². The van der Waals surface area contributed by atoms with Crippen molar-refractivity contribution in [3.8, 4) is 0 Å². The fourth-order valence-corrected chi connectivity index (χ4v) is 7.96. The highest BCUT2D eigenvalue weighted by molar-refractivity contribution is 5.04. The highest BCUT2D eigenvalue weighted by Crippen LogP contribution is 2.45. The van der Waals surface area contributed by atoms with Gasteiger partial charge < -0.3 is 29.7 Å². The Bertz CT molecular complexity index is 578. The van der Waals surface area contributed by atoms with Gasteiger partial charge in [0.1, 0.15) is 12.9 Å². The third-order valence-electron chi connectivity index (χ3n) is 9.51. The molecule has 0 aromatic carbocycles. The molecule has 3 aliphatic heterocycles. The van der Waals surface area contributed by atoms with E-state index in [-0.39, 0.29) is 18.3 Å². The van der Waals surface area contributed by atoms with Gasteiger partial charge in [0.25, 0.3) is 0 Å². The number of methoxy groups -OCH3 is 1. The average molecular weight is 409 g/mol. The van der Waals surface area contributed by atoms with Crippen molar-refractivity contribution in [3.63, 3.8) is 0 Å². The second-order valence-electron chi connectivity index (χ2n) is 10.7. The maximum Gasteiger partial charge on any atom is 0.147 e. The minimum absolute atomic E-state index is 0.108. The minimum atomic E-state index is 0.108. The number of hydrogen-bond acceptors (Lipinski definition) is 5. The van der Waals surface area contributed by atoms with Gasteiger partial charge in [0.2, 0.25) is 0 Å². The van der Waals surface area contributed by atoms with Crippen molar-refractivity contribution in [2.45, 2.75) is 93.8 Å². The first-order chi connectivity index (χ1) is 14.1. The number of quaternary nitrogens is 1. The summed E-state index contributed by atoms with van der Waals surface area (Å²) < 4.78 is 18.0. The van der Waals surface area contributed by atoms with Crippen molar-refractivity contribution in [1.29, 1.82) is 0 Å². The summed E-state index contributed by atoms with van der Waals surface area (Å²) in [6.07, 6.45) is 10.8. The van der Waals surface area contributed by atoms with Crippen molar-refractivity contribution < 1.29 is 19.1 Å². The summed E-state index contributed by atoms with van der Waals surface area (Å²) in [7, 11) is 6.66. The van der Waals surface area contributed by atoms with Crippen LogP contribution in [-0.4, -0.2) is 81.9 Å². The van der Waals surface area contributed by atoms with Gasteiger partial charge >= 0.3 is 0 Å². The average Bonchev–Trinajstić information content (AvgIpc) is 3.20. The molecule has 0 amide bonds. The summed E-state index contributed by atoms with van der Waals surface area (Å²) in [5, 5.41) is 0. The van der Waals surface area contributed by atoms with Gasteiger partial charge in [-0.2, -0.15) is 0 Å². The predicted molar refractivity (Wildman–Crippen MR) is 112 cm³/mol. The van der Waals surface area contributed by atoms with E-state index in [4.69, 9.17) is 19.9 Å². The van der Waals surface area contributed by atoms with Crippen molar-refractivity contribution >= 4 is 0 Å². The smallest absolute Gasteiger partial charge is 0.147 e. The number of nitrogens with one attached hydrogen (secondary N) is 1. The van der Waals surface area contributed by atoms with Gasteiger partial charge in [0.05, 0.1) is 31.3 Å². The number of ether oxygens (including phenoxy) is 3. The summed E-state index contributed by atoms with van der Waals surface area (Å²) in [4.78, 5) is 4.38. The van der Waals surface area contributed by atoms with Gasteiger partial charge in [-0.3, -0.25) is 0 Å². The van der Waals surface area contributed by atoms with Crippen LogP contribution in [0.5, 0.6) is 0 Å². The maximum atomic E-state index is 6.75. The zero-order valence-electron chi connectivity index (χ0n) is 18.6. The summed E-state index contributed by atoms with van der Waals surface area (Å²) in [6, 6.07) is 2.37. The molecule has 5 fully saturated rings. The van der Waals surface area contributed by atoms with Crippen LogP contribution in [0, 0.1) is 17.8 Å². The maximum absolute atomic E-state index is 6.75. The Morgan fingerprint density at radius 2 is 1.97 bits per heavy atom. The van der Waals surface area contributed by atoms with Crippen molar-refractivity contribution in [3.05, 3.63) is 0 Å². The second-order valence-corrected chi connectivity index (χ2v) is 10.7. The quantitative estimate of drug-likeness (QED) is 0.718. The largest absolute Gasteiger partial charge is 0.378 e. The lowest BCUT2D eigenvalue weighted by molar-refractivity contribution is -0.943. The van der Waals surface area contributed by atoms with Gasteiger partial charge in [-0.25, -0.2) is 0 Å². The molecule has 6 nitrogen and oxygen atoms in total. The summed E-state index contributed by atoms with van der Waals surface area (Å²) in [6.45, 7) is 1.62. The van der Waals surface area contributed by atoms with Crippen LogP contribution in [0.4, 0.5) is 0 Å². The molecule has 3 saturated heterocycles. The molecule has 11 atom stereocenters. The first-order valence-electron chi connectivity index (χ1n) is 12.1. The Kier molecular flexibility index (Phi) is 5.95. The SMILES string of the molecule is COC1C2OCOC2CC2CCN(C)[C@H](CC3CC(N)C4CCCCC4[NH+]3C)C21. The predicted octanol–water partition coefficient (Wildman–Crippen LogP) is 0.646. The number of nitrogens with two attached hydrogens (primary N) is 1. The van der Waals surface area contributed by atoms with Crippen molar-refractivity contribution in [2.24, 2.45) is 23.5 Å². The van der Waals surface area contributed by atoms with Crippen LogP contribution in [0.2, 0.25) is 0 Å². The van der Waals surface area contributed by atoms with Gasteiger partial charge in [0, 0.05) is 43.9 Å². The van der Waals surface area contributed by atoms with E-state index in [1.165, 1.54) is 51.5 Å². The highest BCUT2D eigenvalue weighted by Gasteiger charge is 2.55. The number of likely N-dealkylation sites (tertiary alicyclic amines) is 2. The van der Waals surface area contributed by atoms with Crippen LogP contribution >= 0.6 is 0 Å². The second kappa shape index (κ2) is 8.36. The van der Waals surface area contributed by atoms with Crippen LogP contribution in [0.15, 0.2) is 0 Å². The molecular formula is C23H42N3O3+. The van der Waals surface area contributed by atoms with E-state index in [9.17, 15) is 0 Å². The normalized spacial score (nSPS) is 53.2. The zero-order valence-corrected chi connectivity index (χ0v) is 18.6. The van der Waals surface area contributed by atoms with E-state index in [1.54, 1.807) is 4.90 Å². The van der Waals surface area contributed by atoms with Gasteiger partial charge in [-0.15, -0.1) is 0 Å². The topological polar surface area (TPSA) is 61.4 Å². The Morgan fingerprint density at radius 3 is 2.79 bits per heavy atom. The fourth-order valence-electron chi connectivity index (χ4n) is 7.96. The molecule has 2 aliphatic carbocycles. The Labute approximate surface area is 176 Å². The molecule has 166 valence electrons. The third-order valence-corrected chi connectivity index (χ3v) is 9.51. The molecule has 3 N–H and O–H groups in total. The molecule has 3 heterocycles. The van der Waals surface area contributed by atoms with E-state index < -0.39 is 0 Å². The molecule has 0 radical (unpaired) electrons. The molecule has 0 aromatic heterocycles. The number of fused-ring (bicyclic) bond motifs is 3. The van der Waals surface area contributed by atoms with Crippen LogP contribution in [0.1, 0.15) is 51.4 Å². The Hall–Kier alpha value is -0.240. The summed E-state index contributed by atoms with van der Waals surface area (Å²) >= 11 is 0. The first-order valence-corrected chi connectivity index (χ1v) is 12.1. The van der Waals surface area contributed by atoms with Gasteiger partial charge in [0.15, 0.2) is 0 Å². The first kappa shape index (κ1) is 20.7. The molecule has 0 spiro atoms.